The lowest BCUT2D eigenvalue weighted by Gasteiger charge is -2.11. The number of hydrogen-bond acceptors (Lipinski definition) is 3. The zero-order valence-corrected chi connectivity index (χ0v) is 10.0. The van der Waals surface area contributed by atoms with E-state index in [-0.39, 0.29) is 5.92 Å². The van der Waals surface area contributed by atoms with Gasteiger partial charge in [-0.05, 0) is 11.5 Å². The van der Waals surface area contributed by atoms with Crippen molar-refractivity contribution in [1.29, 1.82) is 0 Å². The second-order valence-electron chi connectivity index (χ2n) is 4.51. The van der Waals surface area contributed by atoms with Crippen LogP contribution in [-0.2, 0) is 16.0 Å². The van der Waals surface area contributed by atoms with E-state index in [4.69, 9.17) is 4.74 Å². The Kier molecular flexibility index (Phi) is 3.29. The fourth-order valence-electron chi connectivity index (χ4n) is 2.11. The number of carbonyl (C=O) groups excluding carboxylic acids is 1. The van der Waals surface area contributed by atoms with Gasteiger partial charge in [0.25, 0.3) is 0 Å². The van der Waals surface area contributed by atoms with Crippen molar-refractivity contribution in [2.75, 3.05) is 0 Å². The van der Waals surface area contributed by atoms with Gasteiger partial charge in [-0.25, -0.2) is 4.79 Å². The lowest BCUT2D eigenvalue weighted by atomic mass is 9.94. The molecule has 3 heteroatoms. The number of esters is 1. The van der Waals surface area contributed by atoms with Gasteiger partial charge in [0.2, 0.25) is 6.29 Å². The van der Waals surface area contributed by atoms with E-state index in [9.17, 15) is 9.90 Å². The molecule has 17 heavy (non-hydrogen) atoms. The van der Waals surface area contributed by atoms with Gasteiger partial charge >= 0.3 is 5.97 Å². The molecule has 2 rings (SSSR count). The predicted molar refractivity (Wildman–Crippen MR) is 64.1 cm³/mol. The molecule has 90 valence electrons. The van der Waals surface area contributed by atoms with Crippen LogP contribution in [0.5, 0.6) is 0 Å². The summed E-state index contributed by atoms with van der Waals surface area (Å²) in [5.41, 5.74) is 2.35. The van der Waals surface area contributed by atoms with Crippen molar-refractivity contribution in [2.45, 2.75) is 26.6 Å². The molecule has 1 aliphatic rings. The van der Waals surface area contributed by atoms with Crippen LogP contribution in [0.2, 0.25) is 0 Å². The Balaban J connectivity index is 2.31. The lowest BCUT2D eigenvalue weighted by Crippen LogP contribution is -2.13. The first-order valence-corrected chi connectivity index (χ1v) is 5.75. The number of cyclic esters (lactones) is 1. The van der Waals surface area contributed by atoms with Crippen LogP contribution in [0.3, 0.4) is 0 Å². The first kappa shape index (κ1) is 11.9. The van der Waals surface area contributed by atoms with Crippen LogP contribution in [-0.4, -0.2) is 17.4 Å². The second-order valence-corrected chi connectivity index (χ2v) is 4.51. The Hall–Kier alpha value is -1.61. The summed E-state index contributed by atoms with van der Waals surface area (Å²) in [5.74, 6) is -0.291. The number of benzene rings is 1. The van der Waals surface area contributed by atoms with Crippen LogP contribution in [0, 0.1) is 5.92 Å². The van der Waals surface area contributed by atoms with Gasteiger partial charge in [0.1, 0.15) is 0 Å². The number of aliphatic hydroxyl groups is 1. The summed E-state index contributed by atoms with van der Waals surface area (Å²) in [7, 11) is 0. The monoisotopic (exact) mass is 232 g/mol. The summed E-state index contributed by atoms with van der Waals surface area (Å²) in [4.78, 5) is 11.7. The maximum Gasteiger partial charge on any atom is 0.337 e. The molecule has 0 fully saturated rings. The molecular weight excluding hydrogens is 216 g/mol. The molecule has 1 unspecified atom stereocenters. The highest BCUT2D eigenvalue weighted by molar-refractivity contribution is 5.92. The third kappa shape index (κ3) is 2.39. The van der Waals surface area contributed by atoms with Crippen molar-refractivity contribution in [3.63, 3.8) is 0 Å². The Labute approximate surface area is 101 Å². The minimum Gasteiger partial charge on any atom is -0.428 e. The zero-order valence-electron chi connectivity index (χ0n) is 10.0. The minimum absolute atomic E-state index is 0.107. The van der Waals surface area contributed by atoms with Gasteiger partial charge in [-0.2, -0.15) is 0 Å². The fourth-order valence-corrected chi connectivity index (χ4v) is 2.11. The van der Waals surface area contributed by atoms with Gasteiger partial charge in [-0.1, -0.05) is 44.2 Å². The fraction of sp³-hybridized carbons (Fsp3) is 0.357. The molecule has 3 nitrogen and oxygen atoms in total. The summed E-state index contributed by atoms with van der Waals surface area (Å²) in [5, 5.41) is 9.68. The SMILES string of the molecule is CC(C)C1=C(Cc2ccccc2)C(=O)OC1O. The molecule has 1 aromatic carbocycles. The van der Waals surface area contributed by atoms with E-state index in [0.29, 0.717) is 17.6 Å². The standard InChI is InChI=1S/C14H16O3/c1-9(2)12-11(13(15)17-14(12)16)8-10-6-4-3-5-7-10/h3-7,9,14,16H,8H2,1-2H3. The van der Waals surface area contributed by atoms with Crippen LogP contribution in [0.25, 0.3) is 0 Å². The highest BCUT2D eigenvalue weighted by Gasteiger charge is 2.33. The van der Waals surface area contributed by atoms with Gasteiger partial charge in [0, 0.05) is 17.6 Å². The van der Waals surface area contributed by atoms with Crippen LogP contribution in [0.1, 0.15) is 19.4 Å². The Morgan fingerprint density at radius 2 is 1.94 bits per heavy atom. The molecule has 1 heterocycles. The van der Waals surface area contributed by atoms with Crippen molar-refractivity contribution < 1.29 is 14.6 Å². The molecule has 1 atom stereocenters. The van der Waals surface area contributed by atoms with E-state index in [2.05, 4.69) is 0 Å². The van der Waals surface area contributed by atoms with E-state index >= 15 is 0 Å². The molecule has 1 N–H and O–H groups in total. The number of carbonyl (C=O) groups is 1. The molecule has 0 saturated carbocycles. The molecule has 0 aliphatic carbocycles. The van der Waals surface area contributed by atoms with E-state index in [1.807, 2.05) is 44.2 Å². The molecule has 0 amide bonds. The maximum absolute atomic E-state index is 11.7. The molecule has 0 saturated heterocycles. The van der Waals surface area contributed by atoms with Crippen molar-refractivity contribution in [2.24, 2.45) is 5.92 Å². The second kappa shape index (κ2) is 4.72. The van der Waals surface area contributed by atoms with Crippen molar-refractivity contribution in [3.05, 3.63) is 47.0 Å². The molecule has 0 aromatic heterocycles. The first-order chi connectivity index (χ1) is 8.09. The highest BCUT2D eigenvalue weighted by atomic mass is 16.6. The average molecular weight is 232 g/mol. The summed E-state index contributed by atoms with van der Waals surface area (Å²) in [6.45, 7) is 3.90. The van der Waals surface area contributed by atoms with Crippen molar-refractivity contribution in [1.82, 2.24) is 0 Å². The molecule has 0 spiro atoms. The largest absolute Gasteiger partial charge is 0.428 e. The minimum atomic E-state index is -1.07. The highest BCUT2D eigenvalue weighted by Crippen LogP contribution is 2.29. The van der Waals surface area contributed by atoms with Crippen LogP contribution >= 0.6 is 0 Å². The maximum atomic E-state index is 11.7. The van der Waals surface area contributed by atoms with Gasteiger partial charge in [0.05, 0.1) is 0 Å². The molecular formula is C14H16O3. The molecule has 1 aromatic rings. The third-order valence-electron chi connectivity index (χ3n) is 2.93. The van der Waals surface area contributed by atoms with Gasteiger partial charge in [0.15, 0.2) is 0 Å². The van der Waals surface area contributed by atoms with Crippen molar-refractivity contribution in [3.8, 4) is 0 Å². The molecule has 1 aliphatic heterocycles. The average Bonchev–Trinajstić information content (AvgIpc) is 2.55. The topological polar surface area (TPSA) is 46.5 Å². The zero-order chi connectivity index (χ0) is 12.4. The normalized spacial score (nSPS) is 20.0. The van der Waals surface area contributed by atoms with Crippen LogP contribution < -0.4 is 0 Å². The number of aliphatic hydroxyl groups excluding tert-OH is 1. The van der Waals surface area contributed by atoms with Gasteiger partial charge in [-0.3, -0.25) is 0 Å². The predicted octanol–water partition coefficient (Wildman–Crippen LogP) is 2.06. The van der Waals surface area contributed by atoms with E-state index in [1.54, 1.807) is 0 Å². The first-order valence-electron chi connectivity index (χ1n) is 5.75. The van der Waals surface area contributed by atoms with E-state index in [0.717, 1.165) is 5.56 Å². The number of hydrogen-bond donors (Lipinski definition) is 1. The molecule has 0 radical (unpaired) electrons. The van der Waals surface area contributed by atoms with E-state index in [1.165, 1.54) is 0 Å². The smallest absolute Gasteiger partial charge is 0.337 e. The molecule has 0 bridgehead atoms. The van der Waals surface area contributed by atoms with Gasteiger partial charge in [-0.15, -0.1) is 0 Å². The van der Waals surface area contributed by atoms with Gasteiger partial charge < -0.3 is 9.84 Å². The number of rotatable bonds is 3. The Bertz CT molecular complexity index is 446. The quantitative estimate of drug-likeness (QED) is 0.811. The summed E-state index contributed by atoms with van der Waals surface area (Å²) in [6.07, 6.45) is -0.550. The number of ether oxygens (including phenoxy) is 1. The lowest BCUT2D eigenvalue weighted by molar-refractivity contribution is -0.152. The van der Waals surface area contributed by atoms with E-state index < -0.39 is 12.3 Å². The summed E-state index contributed by atoms with van der Waals surface area (Å²) in [6, 6.07) is 9.72. The van der Waals surface area contributed by atoms with Crippen LogP contribution in [0.15, 0.2) is 41.5 Å². The summed E-state index contributed by atoms with van der Waals surface area (Å²) >= 11 is 0. The Morgan fingerprint density at radius 1 is 1.29 bits per heavy atom. The van der Waals surface area contributed by atoms with Crippen LogP contribution in [0.4, 0.5) is 0 Å². The Morgan fingerprint density at radius 3 is 2.53 bits per heavy atom. The van der Waals surface area contributed by atoms with Crippen molar-refractivity contribution >= 4 is 5.97 Å². The summed E-state index contributed by atoms with van der Waals surface area (Å²) < 4.78 is 4.86. The third-order valence-corrected chi connectivity index (χ3v) is 2.93.